The van der Waals surface area contributed by atoms with Gasteiger partial charge in [0.15, 0.2) is 0 Å². The Bertz CT molecular complexity index is 353. The Kier molecular flexibility index (Phi) is 5.24. The van der Waals surface area contributed by atoms with Gasteiger partial charge >= 0.3 is 0 Å². The van der Waals surface area contributed by atoms with Crippen LogP contribution in [-0.4, -0.2) is 27.9 Å². The molecule has 0 spiro atoms. The Balaban J connectivity index is 2.46. The topological polar surface area (TPSA) is 57.2 Å². The van der Waals surface area contributed by atoms with Gasteiger partial charge in [-0.05, 0) is 33.3 Å². The molecule has 1 rings (SSSR count). The molecule has 1 aromatic rings. The van der Waals surface area contributed by atoms with E-state index in [0.29, 0.717) is 12.4 Å². The number of ether oxygens (including phenoxy) is 1. The predicted octanol–water partition coefficient (Wildman–Crippen LogP) is 1.68. The van der Waals surface area contributed by atoms with Crippen LogP contribution in [0, 0.1) is 0 Å². The quantitative estimate of drug-likeness (QED) is 0.814. The van der Waals surface area contributed by atoms with Crippen LogP contribution >= 0.6 is 0 Å². The maximum atomic E-state index is 11.8. The molecular weight excluding hydrogens is 236 g/mol. The second kappa shape index (κ2) is 6.23. The van der Waals surface area contributed by atoms with E-state index in [1.807, 2.05) is 32.9 Å². The van der Waals surface area contributed by atoms with Gasteiger partial charge in [0.25, 0.3) is 0 Å². The fourth-order valence-electron chi connectivity index (χ4n) is 1.29. The molecule has 0 amide bonds. The zero-order valence-corrected chi connectivity index (χ0v) is 11.6. The first-order chi connectivity index (χ1) is 7.95. The van der Waals surface area contributed by atoms with Crippen LogP contribution < -0.4 is 9.46 Å². The first-order valence-electron chi connectivity index (χ1n) is 5.58. The van der Waals surface area contributed by atoms with Gasteiger partial charge in [-0.3, -0.25) is 0 Å². The molecule has 0 saturated heterocycles. The van der Waals surface area contributed by atoms with Crippen molar-refractivity contribution in [2.75, 3.05) is 13.7 Å². The summed E-state index contributed by atoms with van der Waals surface area (Å²) in [5.41, 5.74) is 1.02. The van der Waals surface area contributed by atoms with Crippen LogP contribution in [0.15, 0.2) is 18.3 Å². The number of aromatic nitrogens is 1. The summed E-state index contributed by atoms with van der Waals surface area (Å²) >= 11 is -1.03. The first-order valence-corrected chi connectivity index (χ1v) is 6.73. The van der Waals surface area contributed by atoms with Crippen molar-refractivity contribution in [3.63, 3.8) is 0 Å². The van der Waals surface area contributed by atoms with E-state index in [2.05, 4.69) is 9.71 Å². The molecule has 5 heteroatoms. The van der Waals surface area contributed by atoms with Crippen molar-refractivity contribution in [2.45, 2.75) is 31.9 Å². The maximum Gasteiger partial charge on any atom is 0.216 e. The normalized spacial score (nSPS) is 13.5. The van der Waals surface area contributed by atoms with Crippen LogP contribution in [0.25, 0.3) is 0 Å². The van der Waals surface area contributed by atoms with E-state index in [1.54, 1.807) is 13.3 Å². The van der Waals surface area contributed by atoms with Gasteiger partial charge in [0, 0.05) is 29.7 Å². The van der Waals surface area contributed by atoms with E-state index in [-0.39, 0.29) is 4.75 Å². The standard InChI is InChI=1S/C12H20N2O2S/c1-12(2,3)17(15)14-9-7-10-6-5-8-13-11(10)16-4/h5-6,8,14H,7,9H2,1-4H3. The van der Waals surface area contributed by atoms with E-state index in [1.165, 1.54) is 0 Å². The molecule has 1 atom stereocenters. The number of rotatable bonds is 5. The molecule has 17 heavy (non-hydrogen) atoms. The van der Waals surface area contributed by atoms with Crippen molar-refractivity contribution in [3.05, 3.63) is 23.9 Å². The Morgan fingerprint density at radius 2 is 2.18 bits per heavy atom. The minimum atomic E-state index is -1.03. The summed E-state index contributed by atoms with van der Waals surface area (Å²) in [7, 11) is 1.60. The first kappa shape index (κ1) is 14.3. The van der Waals surface area contributed by atoms with Crippen LogP contribution in [0.2, 0.25) is 0 Å². The molecule has 0 aromatic carbocycles. The van der Waals surface area contributed by atoms with Gasteiger partial charge in [-0.1, -0.05) is 6.07 Å². The van der Waals surface area contributed by atoms with E-state index >= 15 is 0 Å². The summed E-state index contributed by atoms with van der Waals surface area (Å²) in [4.78, 5) is 4.12. The van der Waals surface area contributed by atoms with E-state index in [4.69, 9.17) is 4.74 Å². The van der Waals surface area contributed by atoms with E-state index in [0.717, 1.165) is 12.0 Å². The lowest BCUT2D eigenvalue weighted by Crippen LogP contribution is -2.40. The fraction of sp³-hybridized carbons (Fsp3) is 0.583. The average Bonchev–Trinajstić information content (AvgIpc) is 2.28. The summed E-state index contributed by atoms with van der Waals surface area (Å²) in [6.45, 7) is 6.48. The minimum Gasteiger partial charge on any atom is -0.598 e. The van der Waals surface area contributed by atoms with Crippen LogP contribution in [0.1, 0.15) is 26.3 Å². The third kappa shape index (κ3) is 4.53. The molecular formula is C12H20N2O2S. The molecule has 0 aliphatic carbocycles. The van der Waals surface area contributed by atoms with Crippen LogP contribution in [0.4, 0.5) is 0 Å². The summed E-state index contributed by atoms with van der Waals surface area (Å²) in [6, 6.07) is 3.84. The van der Waals surface area contributed by atoms with Gasteiger partial charge < -0.3 is 9.29 Å². The lowest BCUT2D eigenvalue weighted by atomic mass is 10.2. The number of hydrogen-bond acceptors (Lipinski definition) is 4. The van der Waals surface area contributed by atoms with Crippen molar-refractivity contribution >= 4 is 11.4 Å². The lowest BCUT2D eigenvalue weighted by molar-refractivity contribution is 0.392. The van der Waals surface area contributed by atoms with Crippen molar-refractivity contribution in [1.29, 1.82) is 0 Å². The van der Waals surface area contributed by atoms with Crippen LogP contribution in [-0.2, 0) is 17.8 Å². The second-order valence-corrected chi connectivity index (χ2v) is 6.75. The molecule has 0 aliphatic rings. The van der Waals surface area contributed by atoms with Crippen molar-refractivity contribution in [3.8, 4) is 5.88 Å². The Hall–Kier alpha value is -0.780. The molecule has 4 nitrogen and oxygen atoms in total. The highest BCUT2D eigenvalue weighted by molar-refractivity contribution is 7.90. The zero-order valence-electron chi connectivity index (χ0n) is 10.8. The average molecular weight is 256 g/mol. The zero-order chi connectivity index (χ0) is 12.9. The van der Waals surface area contributed by atoms with Gasteiger partial charge in [0.2, 0.25) is 5.88 Å². The van der Waals surface area contributed by atoms with Gasteiger partial charge in [0.1, 0.15) is 4.75 Å². The molecule has 96 valence electrons. The Morgan fingerprint density at radius 1 is 1.47 bits per heavy atom. The van der Waals surface area contributed by atoms with Gasteiger partial charge in [-0.2, -0.15) is 0 Å². The van der Waals surface area contributed by atoms with E-state index in [9.17, 15) is 4.55 Å². The SMILES string of the molecule is COc1ncccc1CCN[S+]([O-])C(C)(C)C. The molecule has 0 fully saturated rings. The Morgan fingerprint density at radius 3 is 2.76 bits per heavy atom. The molecule has 0 bridgehead atoms. The fourth-order valence-corrected chi connectivity index (χ4v) is 2.01. The molecule has 0 radical (unpaired) electrons. The molecule has 0 saturated carbocycles. The van der Waals surface area contributed by atoms with Gasteiger partial charge in [-0.15, -0.1) is 4.72 Å². The predicted molar refractivity (Wildman–Crippen MR) is 70.4 cm³/mol. The van der Waals surface area contributed by atoms with E-state index < -0.39 is 11.4 Å². The third-order valence-electron chi connectivity index (χ3n) is 2.23. The number of pyridine rings is 1. The molecule has 0 aliphatic heterocycles. The minimum absolute atomic E-state index is 0.237. The van der Waals surface area contributed by atoms with Crippen molar-refractivity contribution < 1.29 is 9.29 Å². The summed E-state index contributed by atoms with van der Waals surface area (Å²) in [5, 5.41) is 0. The highest BCUT2D eigenvalue weighted by Crippen LogP contribution is 2.15. The monoisotopic (exact) mass is 256 g/mol. The highest BCUT2D eigenvalue weighted by Gasteiger charge is 2.25. The van der Waals surface area contributed by atoms with Crippen LogP contribution in [0.3, 0.4) is 0 Å². The lowest BCUT2D eigenvalue weighted by Gasteiger charge is -2.23. The van der Waals surface area contributed by atoms with Crippen LogP contribution in [0.5, 0.6) is 5.88 Å². The molecule has 1 aromatic heterocycles. The maximum absolute atomic E-state index is 11.8. The van der Waals surface area contributed by atoms with Gasteiger partial charge in [0.05, 0.1) is 7.11 Å². The highest BCUT2D eigenvalue weighted by atomic mass is 32.2. The smallest absolute Gasteiger partial charge is 0.216 e. The number of nitrogens with zero attached hydrogens (tertiary/aromatic N) is 1. The largest absolute Gasteiger partial charge is 0.598 e. The van der Waals surface area contributed by atoms with Crippen molar-refractivity contribution in [1.82, 2.24) is 9.71 Å². The molecule has 1 N–H and O–H groups in total. The third-order valence-corrected chi connectivity index (χ3v) is 3.81. The summed E-state index contributed by atoms with van der Waals surface area (Å²) < 4.78 is 19.7. The Labute approximate surface area is 106 Å². The number of methoxy groups -OCH3 is 1. The molecule has 1 unspecified atom stereocenters. The number of nitrogens with one attached hydrogen (secondary N) is 1. The second-order valence-electron chi connectivity index (χ2n) is 4.70. The summed E-state index contributed by atoms with van der Waals surface area (Å²) in [5.74, 6) is 0.635. The number of hydrogen-bond donors (Lipinski definition) is 1. The van der Waals surface area contributed by atoms with Crippen molar-refractivity contribution in [2.24, 2.45) is 0 Å². The molecule has 1 heterocycles. The summed E-state index contributed by atoms with van der Waals surface area (Å²) in [6.07, 6.45) is 2.45. The van der Waals surface area contributed by atoms with Gasteiger partial charge in [-0.25, -0.2) is 4.98 Å².